The molecule has 0 spiro atoms. The molecular formula is C21H30N2O. The van der Waals surface area contributed by atoms with Crippen molar-refractivity contribution in [3.63, 3.8) is 0 Å². The summed E-state index contributed by atoms with van der Waals surface area (Å²) in [6, 6.07) is 0. The predicted octanol–water partition coefficient (Wildman–Crippen LogP) is 4.06. The smallest absolute Gasteiger partial charge is 0.0665 e. The molecule has 1 heterocycles. The summed E-state index contributed by atoms with van der Waals surface area (Å²) in [6.45, 7) is 7.21. The molecule has 0 saturated heterocycles. The van der Waals surface area contributed by atoms with Crippen LogP contribution in [0.5, 0.6) is 0 Å². The van der Waals surface area contributed by atoms with Crippen molar-refractivity contribution >= 4 is 0 Å². The highest BCUT2D eigenvalue weighted by Gasteiger charge is 2.58. The maximum atomic E-state index is 10.1. The minimum Gasteiger partial charge on any atom is -0.393 e. The monoisotopic (exact) mass is 326 g/mol. The van der Waals surface area contributed by atoms with Crippen molar-refractivity contribution in [2.75, 3.05) is 0 Å². The van der Waals surface area contributed by atoms with Gasteiger partial charge in [0.2, 0.25) is 0 Å². The van der Waals surface area contributed by atoms with Crippen LogP contribution >= 0.6 is 0 Å². The number of aromatic nitrogens is 2. The largest absolute Gasteiger partial charge is 0.393 e. The molecule has 0 radical (unpaired) electrons. The summed E-state index contributed by atoms with van der Waals surface area (Å²) in [6.07, 6.45) is 10.5. The first-order valence-electron chi connectivity index (χ1n) is 9.85. The molecule has 3 nitrogen and oxygen atoms in total. The lowest BCUT2D eigenvalue weighted by atomic mass is 9.47. The fourth-order valence-corrected chi connectivity index (χ4v) is 7.24. The van der Waals surface area contributed by atoms with Crippen molar-refractivity contribution in [3.8, 4) is 0 Å². The molecule has 1 aromatic heterocycles. The molecule has 24 heavy (non-hydrogen) atoms. The predicted molar refractivity (Wildman–Crippen MR) is 94.7 cm³/mol. The van der Waals surface area contributed by atoms with Crippen LogP contribution in [0.15, 0.2) is 11.6 Å². The molecule has 1 aromatic rings. The van der Waals surface area contributed by atoms with Crippen LogP contribution in [0.3, 0.4) is 0 Å². The Bertz CT molecular complexity index is 719. The fraction of sp³-hybridized carbons (Fsp3) is 0.762. The number of aromatic amines is 1. The van der Waals surface area contributed by atoms with Crippen molar-refractivity contribution in [2.24, 2.45) is 23.2 Å². The summed E-state index contributed by atoms with van der Waals surface area (Å²) >= 11 is 0. The number of rotatable bonds is 0. The Hall–Kier alpha value is -1.09. The first kappa shape index (κ1) is 15.2. The maximum absolute atomic E-state index is 10.1. The zero-order valence-electron chi connectivity index (χ0n) is 15.2. The zero-order valence-corrected chi connectivity index (χ0v) is 15.2. The van der Waals surface area contributed by atoms with Crippen LogP contribution < -0.4 is 0 Å². The second kappa shape index (κ2) is 4.75. The molecular weight excluding hydrogens is 296 g/mol. The SMILES string of the molecule is Cc1[nH]nc2c1[C@@]1(C)CC[C@H]3[C@@H](CC=C4C[C@@H](O)CC[C@@]43C)[C@H]1C2. The van der Waals surface area contributed by atoms with Crippen LogP contribution in [0.25, 0.3) is 0 Å². The molecule has 3 heteroatoms. The quantitative estimate of drug-likeness (QED) is 0.707. The fourth-order valence-electron chi connectivity index (χ4n) is 7.24. The Labute approximate surface area is 144 Å². The zero-order chi connectivity index (χ0) is 16.7. The number of hydrogen-bond acceptors (Lipinski definition) is 2. The maximum Gasteiger partial charge on any atom is 0.0665 e. The van der Waals surface area contributed by atoms with Gasteiger partial charge >= 0.3 is 0 Å². The molecule has 0 bridgehead atoms. The van der Waals surface area contributed by atoms with E-state index in [2.05, 4.69) is 37.0 Å². The van der Waals surface area contributed by atoms with Gasteiger partial charge in [0, 0.05) is 11.3 Å². The number of allylic oxidation sites excluding steroid dienone is 1. The summed E-state index contributed by atoms with van der Waals surface area (Å²) in [5, 5.41) is 18.0. The van der Waals surface area contributed by atoms with E-state index in [-0.39, 0.29) is 6.10 Å². The molecule has 0 aliphatic heterocycles. The molecule has 2 N–H and O–H groups in total. The van der Waals surface area contributed by atoms with Gasteiger partial charge in [-0.1, -0.05) is 25.5 Å². The van der Waals surface area contributed by atoms with Crippen LogP contribution in [0.4, 0.5) is 0 Å². The van der Waals surface area contributed by atoms with Gasteiger partial charge in [-0.15, -0.1) is 0 Å². The highest BCUT2D eigenvalue weighted by atomic mass is 16.3. The van der Waals surface area contributed by atoms with E-state index in [4.69, 9.17) is 0 Å². The second-order valence-corrected chi connectivity index (χ2v) is 9.49. The molecule has 2 saturated carbocycles. The lowest BCUT2D eigenvalue weighted by Gasteiger charge is -2.57. The number of aliphatic hydroxyl groups is 1. The first-order chi connectivity index (χ1) is 11.4. The number of H-pyrrole nitrogens is 1. The van der Waals surface area contributed by atoms with E-state index < -0.39 is 0 Å². The van der Waals surface area contributed by atoms with E-state index in [9.17, 15) is 5.11 Å². The van der Waals surface area contributed by atoms with E-state index in [0.717, 1.165) is 30.6 Å². The third kappa shape index (κ3) is 1.75. The van der Waals surface area contributed by atoms with Gasteiger partial charge in [-0.05, 0) is 80.5 Å². The van der Waals surface area contributed by atoms with Crippen molar-refractivity contribution in [1.29, 1.82) is 0 Å². The average molecular weight is 326 g/mol. The molecule has 0 aromatic carbocycles. The van der Waals surface area contributed by atoms with E-state index in [1.165, 1.54) is 43.5 Å². The van der Waals surface area contributed by atoms with Gasteiger partial charge < -0.3 is 5.11 Å². The standard InChI is InChI=1S/C21H30N2O/c1-12-19-18(23-22-12)11-17-15-5-4-13-10-14(24)6-8-20(13,2)16(15)7-9-21(17,19)3/h4,14-17,24H,5-11H2,1-3H3,(H,22,23)/t14-,15+,16-,17+,20-,21-/m0/s1. The van der Waals surface area contributed by atoms with Crippen LogP contribution in [-0.4, -0.2) is 21.4 Å². The number of nitrogens with one attached hydrogen (secondary N) is 1. The number of aliphatic hydroxyl groups excluding tert-OH is 1. The van der Waals surface area contributed by atoms with Gasteiger partial charge in [-0.25, -0.2) is 0 Å². The van der Waals surface area contributed by atoms with Gasteiger partial charge in [0.15, 0.2) is 0 Å². The molecule has 4 aliphatic carbocycles. The normalized spacial score (nSPS) is 46.6. The van der Waals surface area contributed by atoms with Crippen LogP contribution in [0.2, 0.25) is 0 Å². The molecule has 4 aliphatic rings. The van der Waals surface area contributed by atoms with Crippen molar-refractivity contribution in [2.45, 2.75) is 77.2 Å². The van der Waals surface area contributed by atoms with E-state index in [0.29, 0.717) is 10.8 Å². The summed E-state index contributed by atoms with van der Waals surface area (Å²) < 4.78 is 0. The lowest BCUT2D eigenvalue weighted by Crippen LogP contribution is -2.51. The summed E-state index contributed by atoms with van der Waals surface area (Å²) in [5.74, 6) is 2.35. The average Bonchev–Trinajstić information content (AvgIpc) is 3.06. The minimum atomic E-state index is -0.103. The Morgan fingerprint density at radius 1 is 1.12 bits per heavy atom. The number of aryl methyl sites for hydroxylation is 1. The van der Waals surface area contributed by atoms with Gasteiger partial charge in [0.1, 0.15) is 0 Å². The van der Waals surface area contributed by atoms with E-state index in [1.54, 1.807) is 11.1 Å². The first-order valence-corrected chi connectivity index (χ1v) is 9.85. The molecule has 2 fully saturated rings. The van der Waals surface area contributed by atoms with Gasteiger partial charge in [0.25, 0.3) is 0 Å². The minimum absolute atomic E-state index is 0.103. The third-order valence-corrected chi connectivity index (χ3v) is 8.47. The van der Waals surface area contributed by atoms with Crippen LogP contribution in [0.1, 0.15) is 69.3 Å². The third-order valence-electron chi connectivity index (χ3n) is 8.47. The molecule has 5 rings (SSSR count). The van der Waals surface area contributed by atoms with Crippen molar-refractivity contribution in [1.82, 2.24) is 10.2 Å². The number of fused-ring (bicyclic) bond motifs is 7. The highest BCUT2D eigenvalue weighted by Crippen LogP contribution is 2.64. The topological polar surface area (TPSA) is 48.9 Å². The van der Waals surface area contributed by atoms with E-state index >= 15 is 0 Å². The van der Waals surface area contributed by atoms with Gasteiger partial charge in [0.05, 0.1) is 11.8 Å². The van der Waals surface area contributed by atoms with E-state index in [1.807, 2.05) is 0 Å². The molecule has 0 unspecified atom stereocenters. The summed E-state index contributed by atoms with van der Waals surface area (Å²) in [7, 11) is 0. The Morgan fingerprint density at radius 3 is 2.75 bits per heavy atom. The van der Waals surface area contributed by atoms with Crippen LogP contribution in [-0.2, 0) is 11.8 Å². The van der Waals surface area contributed by atoms with Gasteiger partial charge in [-0.3, -0.25) is 5.10 Å². The Balaban J connectivity index is 1.54. The summed E-state index contributed by atoms with van der Waals surface area (Å²) in [4.78, 5) is 0. The van der Waals surface area contributed by atoms with Crippen molar-refractivity contribution < 1.29 is 5.11 Å². The molecule has 130 valence electrons. The van der Waals surface area contributed by atoms with Crippen LogP contribution in [0, 0.1) is 30.1 Å². The lowest BCUT2D eigenvalue weighted by molar-refractivity contribution is -0.0166. The number of nitrogens with zero attached hydrogens (tertiary/aromatic N) is 1. The van der Waals surface area contributed by atoms with Crippen molar-refractivity contribution in [3.05, 3.63) is 28.6 Å². The Kier molecular flexibility index (Phi) is 3.01. The second-order valence-electron chi connectivity index (χ2n) is 9.49. The molecule has 0 amide bonds. The highest BCUT2D eigenvalue weighted by molar-refractivity contribution is 5.41. The number of hydrogen-bond donors (Lipinski definition) is 2. The Morgan fingerprint density at radius 2 is 1.92 bits per heavy atom. The molecule has 6 atom stereocenters. The summed E-state index contributed by atoms with van der Waals surface area (Å²) in [5.41, 5.74) is 6.42. The van der Waals surface area contributed by atoms with Gasteiger partial charge in [-0.2, -0.15) is 5.10 Å².